The van der Waals surface area contributed by atoms with Gasteiger partial charge in [-0.2, -0.15) is 0 Å². The van der Waals surface area contributed by atoms with Crippen molar-refractivity contribution in [3.63, 3.8) is 0 Å². The maximum Gasteiger partial charge on any atom is 0.472 e. The van der Waals surface area contributed by atoms with Gasteiger partial charge < -0.3 is 39.9 Å². The molecular formula is C53H93O12P. The van der Waals surface area contributed by atoms with Crippen LogP contribution in [0.1, 0.15) is 194 Å². The third kappa shape index (κ3) is 34.1. The standard InChI is InChI=1S/C53H93O12P/c1-3-5-7-9-11-13-15-17-19-21-22-23-24-25-27-29-31-33-35-37-39-41-43-62-44-46(45-63-66(60,61)65-53-51(58)49(56)48(55)50(57)52(53)59)64-47(54)42-40-38-36-34-32-30-28-26-20-18-16-14-12-10-8-6-4-2/h5,7,11,13,17-20,22-23,25,27,46,48-53,55-59H,3-4,6,8-10,12,14-16,21,24,26,28-45H2,1-2H3,(H,60,61)/b7-5-,13-11-,19-17-,20-18-,23-22-,27-25-. The number of rotatable bonds is 43. The van der Waals surface area contributed by atoms with Crippen LogP contribution in [-0.4, -0.2) is 98.9 Å². The Morgan fingerprint density at radius 3 is 1.38 bits per heavy atom. The van der Waals surface area contributed by atoms with E-state index in [0.29, 0.717) is 13.0 Å². The van der Waals surface area contributed by atoms with Crippen LogP contribution in [0.3, 0.4) is 0 Å². The fraction of sp³-hybridized carbons (Fsp3) is 0.755. The molecule has 6 N–H and O–H groups in total. The van der Waals surface area contributed by atoms with Crippen molar-refractivity contribution >= 4 is 13.8 Å². The maximum atomic E-state index is 12.9. The molecule has 0 aromatic rings. The Morgan fingerprint density at radius 1 is 0.500 bits per heavy atom. The molecule has 1 fully saturated rings. The number of ether oxygens (including phenoxy) is 2. The molecule has 0 aromatic heterocycles. The number of phosphoric ester groups is 1. The van der Waals surface area contributed by atoms with E-state index in [9.17, 15) is 39.8 Å². The number of aliphatic hydroxyl groups excluding tert-OH is 5. The molecule has 6 unspecified atom stereocenters. The molecular weight excluding hydrogens is 860 g/mol. The summed E-state index contributed by atoms with van der Waals surface area (Å²) in [5.74, 6) is -0.489. The summed E-state index contributed by atoms with van der Waals surface area (Å²) in [6.07, 6.45) is 43.9. The van der Waals surface area contributed by atoms with Crippen LogP contribution in [0.5, 0.6) is 0 Å². The third-order valence-electron chi connectivity index (χ3n) is 11.6. The van der Waals surface area contributed by atoms with Gasteiger partial charge in [-0.15, -0.1) is 0 Å². The van der Waals surface area contributed by atoms with Crippen LogP contribution in [-0.2, 0) is 27.9 Å². The monoisotopic (exact) mass is 953 g/mol. The van der Waals surface area contributed by atoms with Gasteiger partial charge in [-0.1, -0.05) is 177 Å². The van der Waals surface area contributed by atoms with E-state index >= 15 is 0 Å². The second-order valence-electron chi connectivity index (χ2n) is 17.6. The molecule has 0 saturated heterocycles. The van der Waals surface area contributed by atoms with Gasteiger partial charge in [0.2, 0.25) is 0 Å². The van der Waals surface area contributed by atoms with Crippen molar-refractivity contribution in [3.05, 3.63) is 72.9 Å². The average Bonchev–Trinajstić information content (AvgIpc) is 3.30. The minimum absolute atomic E-state index is 0.0917. The highest BCUT2D eigenvalue weighted by Gasteiger charge is 2.51. The molecule has 1 aliphatic carbocycles. The van der Waals surface area contributed by atoms with Crippen molar-refractivity contribution in [2.24, 2.45) is 0 Å². The van der Waals surface area contributed by atoms with Gasteiger partial charge in [0.25, 0.3) is 0 Å². The second-order valence-corrected chi connectivity index (χ2v) is 19.0. The van der Waals surface area contributed by atoms with E-state index in [2.05, 4.69) is 86.8 Å². The van der Waals surface area contributed by atoms with Gasteiger partial charge in [-0.25, -0.2) is 4.57 Å². The number of esters is 1. The second kappa shape index (κ2) is 42.8. The topological polar surface area (TPSA) is 192 Å². The summed E-state index contributed by atoms with van der Waals surface area (Å²) in [6, 6.07) is 0. The Bertz CT molecular complexity index is 1360. The van der Waals surface area contributed by atoms with Crippen LogP contribution in [0.2, 0.25) is 0 Å². The summed E-state index contributed by atoms with van der Waals surface area (Å²) < 4.78 is 34.3. The summed E-state index contributed by atoms with van der Waals surface area (Å²) in [5, 5.41) is 50.3. The minimum atomic E-state index is -5.03. The van der Waals surface area contributed by atoms with Gasteiger partial charge in [0.05, 0.1) is 13.2 Å². The molecule has 0 bridgehead atoms. The van der Waals surface area contributed by atoms with Crippen LogP contribution >= 0.6 is 7.82 Å². The van der Waals surface area contributed by atoms with Crippen LogP contribution in [0.15, 0.2) is 72.9 Å². The van der Waals surface area contributed by atoms with E-state index < -0.39 is 63.1 Å². The molecule has 0 aromatic carbocycles. The molecule has 1 saturated carbocycles. The Kier molecular flexibility index (Phi) is 40.1. The Morgan fingerprint density at radius 2 is 0.894 bits per heavy atom. The van der Waals surface area contributed by atoms with Crippen LogP contribution in [0, 0.1) is 0 Å². The lowest BCUT2D eigenvalue weighted by Gasteiger charge is -2.41. The molecule has 1 aliphatic rings. The van der Waals surface area contributed by atoms with Crippen LogP contribution in [0.4, 0.5) is 0 Å². The maximum absolute atomic E-state index is 12.9. The predicted octanol–water partition coefficient (Wildman–Crippen LogP) is 11.5. The van der Waals surface area contributed by atoms with Crippen molar-refractivity contribution in [1.29, 1.82) is 0 Å². The zero-order valence-corrected chi connectivity index (χ0v) is 41.9. The number of aliphatic hydroxyl groups is 5. The summed E-state index contributed by atoms with van der Waals surface area (Å²) in [5.41, 5.74) is 0. The first kappa shape index (κ1) is 61.8. The molecule has 0 aliphatic heterocycles. The molecule has 66 heavy (non-hydrogen) atoms. The number of unbranched alkanes of at least 4 members (excludes halogenated alkanes) is 19. The Hall–Kier alpha value is -2.22. The number of hydrogen-bond acceptors (Lipinski definition) is 11. The lowest BCUT2D eigenvalue weighted by molar-refractivity contribution is -0.220. The number of phosphoric acid groups is 1. The van der Waals surface area contributed by atoms with Gasteiger partial charge >= 0.3 is 13.8 Å². The van der Waals surface area contributed by atoms with Gasteiger partial charge in [-0.05, 0) is 83.5 Å². The molecule has 0 heterocycles. The minimum Gasteiger partial charge on any atom is -0.457 e. The van der Waals surface area contributed by atoms with E-state index in [1.165, 1.54) is 57.8 Å². The van der Waals surface area contributed by atoms with Crippen molar-refractivity contribution < 1.29 is 58.3 Å². The van der Waals surface area contributed by atoms with Gasteiger partial charge in [0.1, 0.15) is 42.7 Å². The molecule has 0 radical (unpaired) electrons. The Balaban J connectivity index is 2.36. The first-order chi connectivity index (χ1) is 32.0. The van der Waals surface area contributed by atoms with Gasteiger partial charge in [0.15, 0.2) is 0 Å². The first-order valence-electron chi connectivity index (χ1n) is 25.8. The fourth-order valence-electron chi connectivity index (χ4n) is 7.49. The highest BCUT2D eigenvalue weighted by molar-refractivity contribution is 7.47. The molecule has 382 valence electrons. The van der Waals surface area contributed by atoms with E-state index in [1.54, 1.807) is 0 Å². The van der Waals surface area contributed by atoms with Crippen LogP contribution < -0.4 is 0 Å². The normalized spacial score (nSPS) is 22.0. The molecule has 13 heteroatoms. The average molecular weight is 953 g/mol. The molecule has 12 nitrogen and oxygen atoms in total. The zero-order valence-electron chi connectivity index (χ0n) is 41.0. The summed E-state index contributed by atoms with van der Waals surface area (Å²) in [7, 11) is -5.03. The number of carbonyl (C=O) groups is 1. The largest absolute Gasteiger partial charge is 0.472 e. The van der Waals surface area contributed by atoms with E-state index in [1.807, 2.05) is 0 Å². The Labute approximate surface area is 400 Å². The lowest BCUT2D eigenvalue weighted by atomic mass is 9.85. The SMILES string of the molecule is CC/C=C\C/C=C\C/C=C\C/C=C\C/C=C\CCCCCCCCOCC(COP(=O)(O)OC1C(O)C(O)C(O)C(O)C1O)OC(=O)CCCCCCCCC/C=C\CCCCCCCC. The molecule has 6 atom stereocenters. The van der Waals surface area contributed by atoms with Gasteiger partial charge in [-0.3, -0.25) is 13.8 Å². The van der Waals surface area contributed by atoms with Crippen LogP contribution in [0.25, 0.3) is 0 Å². The number of allylic oxidation sites excluding steroid dienone is 12. The summed E-state index contributed by atoms with van der Waals surface area (Å²) in [6.45, 7) is 4.11. The smallest absolute Gasteiger partial charge is 0.457 e. The van der Waals surface area contributed by atoms with E-state index in [0.717, 1.165) is 109 Å². The number of hydrogen-bond donors (Lipinski definition) is 6. The fourth-order valence-corrected chi connectivity index (χ4v) is 8.47. The predicted molar refractivity (Wildman–Crippen MR) is 267 cm³/mol. The van der Waals surface area contributed by atoms with Crippen molar-refractivity contribution in [2.75, 3.05) is 19.8 Å². The molecule has 0 spiro atoms. The van der Waals surface area contributed by atoms with Gasteiger partial charge in [0, 0.05) is 13.0 Å². The quantitative estimate of drug-likeness (QED) is 0.0147. The lowest BCUT2D eigenvalue weighted by Crippen LogP contribution is -2.64. The van der Waals surface area contributed by atoms with Crippen molar-refractivity contribution in [3.8, 4) is 0 Å². The highest BCUT2D eigenvalue weighted by atomic mass is 31.2. The highest BCUT2D eigenvalue weighted by Crippen LogP contribution is 2.47. The third-order valence-corrected chi connectivity index (χ3v) is 12.5. The first-order valence-corrected chi connectivity index (χ1v) is 27.3. The van der Waals surface area contributed by atoms with E-state index in [-0.39, 0.29) is 13.0 Å². The summed E-state index contributed by atoms with van der Waals surface area (Å²) in [4.78, 5) is 23.2. The zero-order chi connectivity index (χ0) is 48.4. The molecule has 0 amide bonds. The number of carbonyl (C=O) groups excluding carboxylic acids is 1. The molecule has 1 rings (SSSR count). The summed E-state index contributed by atoms with van der Waals surface area (Å²) >= 11 is 0. The van der Waals surface area contributed by atoms with Crippen molar-refractivity contribution in [2.45, 2.75) is 236 Å². The van der Waals surface area contributed by atoms with E-state index in [4.69, 9.17) is 18.5 Å². The van der Waals surface area contributed by atoms with Crippen molar-refractivity contribution in [1.82, 2.24) is 0 Å².